The molecule has 3 aromatic rings. The second kappa shape index (κ2) is 6.70. The molecule has 146 valence electrons. The minimum atomic E-state index is -1.51. The fraction of sp³-hybridized carbons (Fsp3) is 0.500. The zero-order valence-electron chi connectivity index (χ0n) is 17.0. The zero-order chi connectivity index (χ0) is 20.3. The first kappa shape index (κ1) is 20.5. The molecule has 0 aromatic carbocycles. The highest BCUT2D eigenvalue weighted by atomic mass is 127. The van der Waals surface area contributed by atoms with E-state index in [0.717, 1.165) is 21.3 Å². The van der Waals surface area contributed by atoms with Crippen LogP contribution in [0.25, 0.3) is 21.3 Å². The number of anilines is 1. The SMILES string of the molecule is CN(C(=O)OC(C)(C)C)c1nc2c(I)c([Si](C)(C)C)sc2c2c1ncn2C. The van der Waals surface area contributed by atoms with Crippen LogP contribution in [0.15, 0.2) is 6.33 Å². The Morgan fingerprint density at radius 2 is 1.93 bits per heavy atom. The number of carbonyl (C=O) groups is 1. The molecule has 0 bridgehead atoms. The van der Waals surface area contributed by atoms with Crippen molar-refractivity contribution in [1.29, 1.82) is 0 Å². The standard InChI is InChI=1S/C18H25IN4O2SSi/c1-18(2,3)25-17(24)23(5)15-12-13(22(4)9-20-12)14-11(21-15)10(19)16(26-14)27(6,7)8/h9H,1-8H3. The number of thiophene rings is 1. The van der Waals surface area contributed by atoms with Crippen molar-refractivity contribution >= 4 is 79.7 Å². The number of imidazole rings is 1. The minimum Gasteiger partial charge on any atom is -0.443 e. The Morgan fingerprint density at radius 1 is 1.30 bits per heavy atom. The van der Waals surface area contributed by atoms with Crippen molar-refractivity contribution in [2.24, 2.45) is 7.05 Å². The van der Waals surface area contributed by atoms with E-state index >= 15 is 0 Å². The Balaban J connectivity index is 2.27. The van der Waals surface area contributed by atoms with Gasteiger partial charge in [0.2, 0.25) is 0 Å². The molecule has 0 saturated carbocycles. The van der Waals surface area contributed by atoms with Crippen LogP contribution in [0.4, 0.5) is 10.6 Å². The third kappa shape index (κ3) is 3.73. The van der Waals surface area contributed by atoms with Gasteiger partial charge in [0.05, 0.1) is 30.1 Å². The number of halogens is 1. The molecule has 3 aromatic heterocycles. The molecule has 0 aliphatic rings. The van der Waals surface area contributed by atoms with Crippen molar-refractivity contribution < 1.29 is 9.53 Å². The Hall–Kier alpha value is -1.20. The Labute approximate surface area is 178 Å². The van der Waals surface area contributed by atoms with Gasteiger partial charge in [0.15, 0.2) is 5.82 Å². The number of hydrogen-bond donors (Lipinski definition) is 0. The van der Waals surface area contributed by atoms with Gasteiger partial charge in [-0.2, -0.15) is 0 Å². The Kier molecular flexibility index (Phi) is 5.09. The first-order chi connectivity index (χ1) is 12.3. The maximum absolute atomic E-state index is 12.6. The summed E-state index contributed by atoms with van der Waals surface area (Å²) in [5.74, 6) is 0.533. The topological polar surface area (TPSA) is 60.3 Å². The molecular formula is C18H25IN4O2SSi. The van der Waals surface area contributed by atoms with E-state index < -0.39 is 19.8 Å². The quantitative estimate of drug-likeness (QED) is 0.366. The van der Waals surface area contributed by atoms with Crippen LogP contribution >= 0.6 is 33.9 Å². The molecule has 3 rings (SSSR count). The van der Waals surface area contributed by atoms with Crippen molar-refractivity contribution in [3.63, 3.8) is 0 Å². The number of hydrogen-bond acceptors (Lipinski definition) is 5. The second-order valence-electron chi connectivity index (χ2n) is 8.70. The average molecular weight is 516 g/mol. The number of rotatable bonds is 2. The molecule has 0 saturated heterocycles. The fourth-order valence-electron chi connectivity index (χ4n) is 2.82. The van der Waals surface area contributed by atoms with E-state index in [1.54, 1.807) is 13.4 Å². The summed E-state index contributed by atoms with van der Waals surface area (Å²) in [7, 11) is 2.16. The van der Waals surface area contributed by atoms with E-state index in [2.05, 4.69) is 47.2 Å². The van der Waals surface area contributed by atoms with E-state index in [0.29, 0.717) is 5.82 Å². The van der Waals surface area contributed by atoms with E-state index in [1.165, 1.54) is 13.0 Å². The van der Waals surface area contributed by atoms with Gasteiger partial charge < -0.3 is 9.30 Å². The molecule has 0 unspecified atom stereocenters. The maximum atomic E-state index is 12.6. The predicted molar refractivity (Wildman–Crippen MR) is 124 cm³/mol. The molecule has 0 fully saturated rings. The fourth-order valence-corrected chi connectivity index (χ4v) is 9.43. The van der Waals surface area contributed by atoms with E-state index in [-0.39, 0.29) is 0 Å². The molecule has 0 atom stereocenters. The lowest BCUT2D eigenvalue weighted by molar-refractivity contribution is 0.0589. The van der Waals surface area contributed by atoms with Crippen LogP contribution in [-0.4, -0.2) is 41.4 Å². The van der Waals surface area contributed by atoms with Crippen molar-refractivity contribution in [2.75, 3.05) is 11.9 Å². The Morgan fingerprint density at radius 3 is 2.48 bits per heavy atom. The van der Waals surface area contributed by atoms with Gasteiger partial charge in [-0.1, -0.05) is 19.6 Å². The summed E-state index contributed by atoms with van der Waals surface area (Å²) in [5.41, 5.74) is 2.11. The third-order valence-corrected chi connectivity index (χ3v) is 10.8. The van der Waals surface area contributed by atoms with E-state index in [4.69, 9.17) is 9.72 Å². The molecule has 0 spiro atoms. The van der Waals surface area contributed by atoms with Crippen LogP contribution in [-0.2, 0) is 11.8 Å². The van der Waals surface area contributed by atoms with Gasteiger partial charge in [-0.25, -0.2) is 14.8 Å². The van der Waals surface area contributed by atoms with Crippen molar-refractivity contribution in [1.82, 2.24) is 14.5 Å². The van der Waals surface area contributed by atoms with Crippen LogP contribution in [0, 0.1) is 3.57 Å². The summed E-state index contributed by atoms with van der Waals surface area (Å²) in [6.07, 6.45) is 1.34. The number of nitrogens with zero attached hydrogens (tertiary/aromatic N) is 4. The maximum Gasteiger partial charge on any atom is 0.415 e. The summed E-state index contributed by atoms with van der Waals surface area (Å²) < 4.78 is 11.3. The summed E-state index contributed by atoms with van der Waals surface area (Å²) in [6.45, 7) is 12.6. The number of ether oxygens (including phenoxy) is 1. The first-order valence-electron chi connectivity index (χ1n) is 8.71. The van der Waals surface area contributed by atoms with Gasteiger partial charge in [0, 0.05) is 22.2 Å². The number of aryl methyl sites for hydroxylation is 1. The van der Waals surface area contributed by atoms with Gasteiger partial charge >= 0.3 is 6.09 Å². The van der Waals surface area contributed by atoms with E-state index in [9.17, 15) is 4.79 Å². The molecule has 0 aliphatic heterocycles. The zero-order valence-corrected chi connectivity index (χ0v) is 20.9. The first-order valence-corrected chi connectivity index (χ1v) is 14.1. The average Bonchev–Trinajstić information content (AvgIpc) is 3.05. The van der Waals surface area contributed by atoms with Crippen molar-refractivity contribution in [3.05, 3.63) is 9.90 Å². The van der Waals surface area contributed by atoms with Crippen molar-refractivity contribution in [2.45, 2.75) is 46.0 Å². The van der Waals surface area contributed by atoms with Gasteiger partial charge in [-0.05, 0) is 43.4 Å². The van der Waals surface area contributed by atoms with Crippen LogP contribution in [0.2, 0.25) is 19.6 Å². The number of carbonyl (C=O) groups excluding carboxylic acids is 1. The summed E-state index contributed by atoms with van der Waals surface area (Å²) >= 11 is 4.21. The lowest BCUT2D eigenvalue weighted by Crippen LogP contribution is -2.37. The van der Waals surface area contributed by atoms with E-state index in [1.807, 2.05) is 43.7 Å². The number of fused-ring (bicyclic) bond motifs is 3. The molecule has 3 heterocycles. The lowest BCUT2D eigenvalue weighted by atomic mass is 10.2. The highest BCUT2D eigenvalue weighted by molar-refractivity contribution is 14.1. The summed E-state index contributed by atoms with van der Waals surface area (Å²) in [6, 6.07) is 0. The highest BCUT2D eigenvalue weighted by Crippen LogP contribution is 2.36. The lowest BCUT2D eigenvalue weighted by Gasteiger charge is -2.24. The van der Waals surface area contributed by atoms with Gasteiger partial charge in [-0.15, -0.1) is 11.3 Å². The molecule has 0 aliphatic carbocycles. The summed E-state index contributed by atoms with van der Waals surface area (Å²) in [4.78, 5) is 23.5. The largest absolute Gasteiger partial charge is 0.443 e. The minimum absolute atomic E-state index is 0.433. The smallest absolute Gasteiger partial charge is 0.415 e. The van der Waals surface area contributed by atoms with Gasteiger partial charge in [0.25, 0.3) is 0 Å². The summed E-state index contributed by atoms with van der Waals surface area (Å²) in [5, 5.41) is 0. The number of amides is 1. The molecule has 9 heteroatoms. The molecule has 0 radical (unpaired) electrons. The number of pyridine rings is 1. The van der Waals surface area contributed by atoms with Gasteiger partial charge in [0.1, 0.15) is 11.1 Å². The van der Waals surface area contributed by atoms with Gasteiger partial charge in [-0.3, -0.25) is 4.90 Å². The van der Waals surface area contributed by atoms with Crippen LogP contribution in [0.1, 0.15) is 20.8 Å². The predicted octanol–water partition coefficient (Wildman–Crippen LogP) is 4.70. The molecule has 6 nitrogen and oxygen atoms in total. The molecule has 27 heavy (non-hydrogen) atoms. The van der Waals surface area contributed by atoms with Crippen LogP contribution in [0.3, 0.4) is 0 Å². The molecule has 0 N–H and O–H groups in total. The van der Waals surface area contributed by atoms with Crippen molar-refractivity contribution in [3.8, 4) is 0 Å². The third-order valence-electron chi connectivity index (χ3n) is 4.07. The van der Waals surface area contributed by atoms with Crippen LogP contribution in [0.5, 0.6) is 0 Å². The Bertz CT molecular complexity index is 1050. The second-order valence-corrected chi connectivity index (χ2v) is 16.2. The monoisotopic (exact) mass is 516 g/mol. The molecule has 1 amide bonds. The molecular weight excluding hydrogens is 491 g/mol. The normalized spacial score (nSPS) is 12.8. The highest BCUT2D eigenvalue weighted by Gasteiger charge is 2.29. The number of aromatic nitrogens is 3. The van der Waals surface area contributed by atoms with Crippen LogP contribution < -0.4 is 9.40 Å².